The average molecular weight is 326 g/mol. The molecule has 1 N–H and O–H groups in total. The molecule has 2 rings (SSSR count). The van der Waals surface area contributed by atoms with Crippen LogP contribution in [-0.4, -0.2) is 27.2 Å². The van der Waals surface area contributed by atoms with E-state index in [9.17, 15) is 18.0 Å². The van der Waals surface area contributed by atoms with E-state index in [4.69, 9.17) is 0 Å². The van der Waals surface area contributed by atoms with Gasteiger partial charge in [0.1, 0.15) is 0 Å². The molecule has 0 spiro atoms. The largest absolute Gasteiger partial charge is 0.417 e. The standard InChI is InChI=1S/C15H17F3N4O/c1-4-19-14(23)11-8-21-22(13(11)9(2)3)12-6-5-10(7-20-12)15(16,17)18/h5-9H,4H2,1-3H3,(H,19,23). The number of hydrogen-bond donors (Lipinski definition) is 1. The Kier molecular flexibility index (Phi) is 4.72. The summed E-state index contributed by atoms with van der Waals surface area (Å²) in [5, 5.41) is 6.80. The number of alkyl halides is 3. The minimum atomic E-state index is -4.44. The van der Waals surface area contributed by atoms with Gasteiger partial charge in [0, 0.05) is 12.7 Å². The molecule has 2 aromatic rings. The first-order valence-electron chi connectivity index (χ1n) is 7.15. The molecular formula is C15H17F3N4O. The summed E-state index contributed by atoms with van der Waals surface area (Å²) in [6.07, 6.45) is -2.28. The van der Waals surface area contributed by atoms with Gasteiger partial charge in [-0.15, -0.1) is 0 Å². The summed E-state index contributed by atoms with van der Waals surface area (Å²) >= 11 is 0. The first-order chi connectivity index (χ1) is 10.8. The molecule has 0 atom stereocenters. The number of pyridine rings is 1. The average Bonchev–Trinajstić information content (AvgIpc) is 2.92. The van der Waals surface area contributed by atoms with Gasteiger partial charge < -0.3 is 5.32 Å². The summed E-state index contributed by atoms with van der Waals surface area (Å²) in [4.78, 5) is 15.9. The molecule has 8 heteroatoms. The normalized spacial score (nSPS) is 11.8. The van der Waals surface area contributed by atoms with Crippen LogP contribution in [0.5, 0.6) is 0 Å². The van der Waals surface area contributed by atoms with E-state index in [1.807, 2.05) is 13.8 Å². The van der Waals surface area contributed by atoms with E-state index in [1.165, 1.54) is 16.9 Å². The Hall–Kier alpha value is -2.38. The van der Waals surface area contributed by atoms with Crippen LogP contribution < -0.4 is 5.32 Å². The van der Waals surface area contributed by atoms with E-state index in [1.54, 1.807) is 6.92 Å². The molecular weight excluding hydrogens is 309 g/mol. The van der Waals surface area contributed by atoms with E-state index < -0.39 is 11.7 Å². The van der Waals surface area contributed by atoms with Crippen molar-refractivity contribution in [1.82, 2.24) is 20.1 Å². The molecule has 0 saturated carbocycles. The zero-order chi connectivity index (χ0) is 17.2. The van der Waals surface area contributed by atoms with Crippen LogP contribution in [0, 0.1) is 0 Å². The summed E-state index contributed by atoms with van der Waals surface area (Å²) in [5.74, 6) is -0.0918. The van der Waals surface area contributed by atoms with E-state index in [0.717, 1.165) is 12.3 Å². The minimum absolute atomic E-state index is 0.0563. The van der Waals surface area contributed by atoms with Crippen LogP contribution in [0.4, 0.5) is 13.2 Å². The van der Waals surface area contributed by atoms with Crippen molar-refractivity contribution >= 4 is 5.91 Å². The van der Waals surface area contributed by atoms with E-state index in [0.29, 0.717) is 17.8 Å². The molecule has 0 unspecified atom stereocenters. The molecule has 1 amide bonds. The molecule has 2 heterocycles. The van der Waals surface area contributed by atoms with Crippen molar-refractivity contribution in [2.24, 2.45) is 0 Å². The van der Waals surface area contributed by atoms with Crippen LogP contribution in [0.1, 0.15) is 48.3 Å². The van der Waals surface area contributed by atoms with Crippen molar-refractivity contribution in [2.75, 3.05) is 6.54 Å². The van der Waals surface area contributed by atoms with Crippen LogP contribution in [0.25, 0.3) is 5.82 Å². The summed E-state index contributed by atoms with van der Waals surface area (Å²) in [6, 6.07) is 2.18. The molecule has 23 heavy (non-hydrogen) atoms. The molecule has 0 radical (unpaired) electrons. The number of carbonyl (C=O) groups excluding carboxylic acids is 1. The van der Waals surface area contributed by atoms with Gasteiger partial charge >= 0.3 is 6.18 Å². The Morgan fingerprint density at radius 1 is 1.30 bits per heavy atom. The second-order valence-electron chi connectivity index (χ2n) is 5.27. The fraction of sp³-hybridized carbons (Fsp3) is 0.400. The summed E-state index contributed by atoms with van der Waals surface area (Å²) in [6.45, 7) is 6.02. The predicted octanol–water partition coefficient (Wildman–Crippen LogP) is 3.16. The second-order valence-corrected chi connectivity index (χ2v) is 5.27. The number of amides is 1. The molecule has 0 fully saturated rings. The van der Waals surface area contributed by atoms with Gasteiger partial charge in [0.25, 0.3) is 5.91 Å². The van der Waals surface area contributed by atoms with Gasteiger partial charge in [-0.25, -0.2) is 9.67 Å². The fourth-order valence-corrected chi connectivity index (χ4v) is 2.21. The third-order valence-corrected chi connectivity index (χ3v) is 3.23. The topological polar surface area (TPSA) is 59.8 Å². The third kappa shape index (κ3) is 3.52. The smallest absolute Gasteiger partial charge is 0.352 e. The van der Waals surface area contributed by atoms with Crippen molar-refractivity contribution in [3.63, 3.8) is 0 Å². The van der Waals surface area contributed by atoms with Crippen LogP contribution in [0.2, 0.25) is 0 Å². The minimum Gasteiger partial charge on any atom is -0.352 e. The number of rotatable bonds is 4. The van der Waals surface area contributed by atoms with Gasteiger partial charge in [0.2, 0.25) is 0 Å². The van der Waals surface area contributed by atoms with E-state index in [2.05, 4.69) is 15.4 Å². The lowest BCUT2D eigenvalue weighted by atomic mass is 10.1. The molecule has 5 nitrogen and oxygen atoms in total. The Morgan fingerprint density at radius 3 is 2.48 bits per heavy atom. The number of carbonyl (C=O) groups is 1. The SMILES string of the molecule is CCNC(=O)c1cnn(-c2ccc(C(F)(F)F)cn2)c1C(C)C. The maximum atomic E-state index is 12.6. The van der Waals surface area contributed by atoms with Crippen LogP contribution in [-0.2, 0) is 6.18 Å². The highest BCUT2D eigenvalue weighted by Gasteiger charge is 2.31. The molecule has 0 bridgehead atoms. The number of halogens is 3. The highest BCUT2D eigenvalue weighted by molar-refractivity contribution is 5.95. The van der Waals surface area contributed by atoms with Gasteiger partial charge in [-0.3, -0.25) is 4.79 Å². The van der Waals surface area contributed by atoms with Crippen LogP contribution >= 0.6 is 0 Å². The van der Waals surface area contributed by atoms with Crippen molar-refractivity contribution in [3.05, 3.63) is 41.3 Å². The highest BCUT2D eigenvalue weighted by atomic mass is 19.4. The first kappa shape index (κ1) is 17.0. The lowest BCUT2D eigenvalue weighted by Crippen LogP contribution is -2.24. The van der Waals surface area contributed by atoms with E-state index >= 15 is 0 Å². The van der Waals surface area contributed by atoms with Gasteiger partial charge in [0.15, 0.2) is 5.82 Å². The second kappa shape index (κ2) is 6.39. The predicted molar refractivity (Wildman–Crippen MR) is 78.5 cm³/mol. The summed E-state index contributed by atoms with van der Waals surface area (Å²) < 4.78 is 39.2. The molecule has 2 aromatic heterocycles. The molecule has 124 valence electrons. The van der Waals surface area contributed by atoms with Crippen LogP contribution in [0.3, 0.4) is 0 Å². The number of nitrogens with zero attached hydrogens (tertiary/aromatic N) is 3. The van der Waals surface area contributed by atoms with Crippen molar-refractivity contribution in [1.29, 1.82) is 0 Å². The lowest BCUT2D eigenvalue weighted by molar-refractivity contribution is -0.137. The molecule has 0 aliphatic heterocycles. The molecule has 0 aromatic carbocycles. The zero-order valence-corrected chi connectivity index (χ0v) is 13.0. The van der Waals surface area contributed by atoms with Crippen molar-refractivity contribution < 1.29 is 18.0 Å². The maximum absolute atomic E-state index is 12.6. The van der Waals surface area contributed by atoms with Crippen LogP contribution in [0.15, 0.2) is 24.5 Å². The molecule has 0 saturated heterocycles. The third-order valence-electron chi connectivity index (χ3n) is 3.23. The Labute approximate surface area is 131 Å². The Bertz CT molecular complexity index is 690. The number of aromatic nitrogens is 3. The quantitative estimate of drug-likeness (QED) is 0.939. The highest BCUT2D eigenvalue weighted by Crippen LogP contribution is 2.29. The summed E-state index contributed by atoms with van der Waals surface area (Å²) in [5.41, 5.74) is 0.162. The summed E-state index contributed by atoms with van der Waals surface area (Å²) in [7, 11) is 0. The maximum Gasteiger partial charge on any atom is 0.417 e. The molecule has 0 aliphatic carbocycles. The lowest BCUT2D eigenvalue weighted by Gasteiger charge is -2.13. The van der Waals surface area contributed by atoms with Gasteiger partial charge in [0.05, 0.1) is 23.0 Å². The van der Waals surface area contributed by atoms with Gasteiger partial charge in [-0.1, -0.05) is 13.8 Å². The zero-order valence-electron chi connectivity index (χ0n) is 13.0. The molecule has 0 aliphatic rings. The monoisotopic (exact) mass is 326 g/mol. The number of hydrogen-bond acceptors (Lipinski definition) is 3. The van der Waals surface area contributed by atoms with Gasteiger partial charge in [-0.05, 0) is 25.0 Å². The Morgan fingerprint density at radius 2 is 2.00 bits per heavy atom. The van der Waals surface area contributed by atoms with E-state index in [-0.39, 0.29) is 17.6 Å². The number of nitrogens with one attached hydrogen (secondary N) is 1. The Balaban J connectivity index is 2.45. The fourth-order valence-electron chi connectivity index (χ4n) is 2.21. The van der Waals surface area contributed by atoms with Crippen molar-refractivity contribution in [3.8, 4) is 5.82 Å². The van der Waals surface area contributed by atoms with Crippen molar-refractivity contribution in [2.45, 2.75) is 32.9 Å². The first-order valence-corrected chi connectivity index (χ1v) is 7.15. The van der Waals surface area contributed by atoms with Gasteiger partial charge in [-0.2, -0.15) is 18.3 Å².